The zero-order chi connectivity index (χ0) is 20.2. The summed E-state index contributed by atoms with van der Waals surface area (Å²) in [6, 6.07) is 7.24. The monoisotopic (exact) mass is 412 g/mol. The van der Waals surface area contributed by atoms with E-state index in [0.717, 1.165) is 5.56 Å². The Kier molecular flexibility index (Phi) is 5.62. The van der Waals surface area contributed by atoms with Crippen LogP contribution in [0.25, 0.3) is 11.3 Å². The van der Waals surface area contributed by atoms with Gasteiger partial charge in [0.1, 0.15) is 5.75 Å². The average Bonchev–Trinajstić information content (AvgIpc) is 3.25. The van der Waals surface area contributed by atoms with Crippen molar-refractivity contribution in [3.05, 3.63) is 53.4 Å². The molecule has 1 aliphatic heterocycles. The first kappa shape index (κ1) is 19.2. The molecule has 1 aromatic carbocycles. The topological polar surface area (TPSA) is 87.2 Å². The summed E-state index contributed by atoms with van der Waals surface area (Å²) in [5.74, 6) is 1.24. The van der Waals surface area contributed by atoms with Gasteiger partial charge in [0.15, 0.2) is 0 Å². The number of hydrogen-bond acceptors (Lipinski definition) is 6. The molecule has 0 aliphatic carbocycles. The van der Waals surface area contributed by atoms with Gasteiger partial charge in [-0.2, -0.15) is 5.10 Å². The van der Waals surface area contributed by atoms with Crippen molar-refractivity contribution in [1.29, 1.82) is 0 Å². The zero-order valence-corrected chi connectivity index (χ0v) is 16.8. The molecular formula is C20H21ClN6O2. The first-order chi connectivity index (χ1) is 14.2. The standard InChI is InChI=1S/C20H21ClN6O2/c1-2-29-17-5-4-14(12-16(17)21)18-15(13-24-25-18)19(28)26-8-10-27(11-9-26)20-22-6-3-7-23-20/h3-7,12-13H,2,8-11H2,1H3,(H,24,25). The maximum Gasteiger partial charge on any atom is 0.257 e. The normalized spacial score (nSPS) is 14.1. The van der Waals surface area contributed by atoms with Crippen LogP contribution in [-0.4, -0.2) is 63.8 Å². The van der Waals surface area contributed by atoms with Crippen LogP contribution in [0.5, 0.6) is 5.75 Å². The van der Waals surface area contributed by atoms with Crippen LogP contribution in [0.15, 0.2) is 42.9 Å². The number of halogens is 1. The molecule has 1 N–H and O–H groups in total. The number of aromatic amines is 1. The number of H-pyrrole nitrogens is 1. The van der Waals surface area contributed by atoms with Crippen LogP contribution in [0.3, 0.4) is 0 Å². The molecule has 1 fully saturated rings. The van der Waals surface area contributed by atoms with Gasteiger partial charge in [0, 0.05) is 44.1 Å². The molecule has 0 radical (unpaired) electrons. The quantitative estimate of drug-likeness (QED) is 0.693. The maximum atomic E-state index is 13.1. The Morgan fingerprint density at radius 3 is 2.66 bits per heavy atom. The molecule has 2 aromatic heterocycles. The van der Waals surface area contributed by atoms with E-state index in [0.29, 0.717) is 60.8 Å². The largest absolute Gasteiger partial charge is 0.492 e. The van der Waals surface area contributed by atoms with Gasteiger partial charge in [-0.15, -0.1) is 0 Å². The zero-order valence-electron chi connectivity index (χ0n) is 16.0. The van der Waals surface area contributed by atoms with Crippen LogP contribution in [0, 0.1) is 0 Å². The van der Waals surface area contributed by atoms with Crippen molar-refractivity contribution in [3.63, 3.8) is 0 Å². The van der Waals surface area contributed by atoms with E-state index in [1.165, 1.54) is 0 Å². The molecule has 1 aliphatic rings. The molecular weight excluding hydrogens is 392 g/mol. The third kappa shape index (κ3) is 4.02. The molecule has 1 amide bonds. The lowest BCUT2D eigenvalue weighted by Crippen LogP contribution is -2.49. The summed E-state index contributed by atoms with van der Waals surface area (Å²) in [5.41, 5.74) is 1.96. The summed E-state index contributed by atoms with van der Waals surface area (Å²) >= 11 is 6.31. The highest BCUT2D eigenvalue weighted by Crippen LogP contribution is 2.31. The Morgan fingerprint density at radius 1 is 1.21 bits per heavy atom. The molecule has 4 rings (SSSR count). The molecule has 0 spiro atoms. The minimum Gasteiger partial charge on any atom is -0.492 e. The van der Waals surface area contributed by atoms with E-state index in [1.807, 2.05) is 17.9 Å². The van der Waals surface area contributed by atoms with Crippen molar-refractivity contribution in [1.82, 2.24) is 25.1 Å². The molecule has 9 heteroatoms. The Hall–Kier alpha value is -3.13. The van der Waals surface area contributed by atoms with Gasteiger partial charge in [0.05, 0.1) is 29.1 Å². The maximum absolute atomic E-state index is 13.1. The molecule has 0 atom stereocenters. The lowest BCUT2D eigenvalue weighted by atomic mass is 10.1. The fraction of sp³-hybridized carbons (Fsp3) is 0.300. The first-order valence-electron chi connectivity index (χ1n) is 9.44. The number of nitrogens with zero attached hydrogens (tertiary/aromatic N) is 5. The van der Waals surface area contributed by atoms with E-state index in [-0.39, 0.29) is 5.91 Å². The second-order valence-electron chi connectivity index (χ2n) is 6.56. The van der Waals surface area contributed by atoms with Crippen LogP contribution >= 0.6 is 11.6 Å². The minimum absolute atomic E-state index is 0.0626. The molecule has 0 unspecified atom stereocenters. The predicted molar refractivity (Wildman–Crippen MR) is 110 cm³/mol. The molecule has 29 heavy (non-hydrogen) atoms. The number of nitrogens with one attached hydrogen (secondary N) is 1. The van der Waals surface area contributed by atoms with Crippen molar-refractivity contribution in [2.24, 2.45) is 0 Å². The number of anilines is 1. The smallest absolute Gasteiger partial charge is 0.257 e. The van der Waals surface area contributed by atoms with E-state index in [1.54, 1.807) is 36.8 Å². The van der Waals surface area contributed by atoms with E-state index in [2.05, 4.69) is 25.1 Å². The number of hydrogen-bond donors (Lipinski definition) is 1. The summed E-state index contributed by atoms with van der Waals surface area (Å²) in [7, 11) is 0. The van der Waals surface area contributed by atoms with E-state index in [9.17, 15) is 4.79 Å². The molecule has 1 saturated heterocycles. The summed E-state index contributed by atoms with van der Waals surface area (Å²) in [5, 5.41) is 7.51. The van der Waals surface area contributed by atoms with Gasteiger partial charge in [-0.3, -0.25) is 9.89 Å². The lowest BCUT2D eigenvalue weighted by Gasteiger charge is -2.34. The number of carbonyl (C=O) groups excluding carboxylic acids is 1. The van der Waals surface area contributed by atoms with Gasteiger partial charge in [-0.25, -0.2) is 9.97 Å². The van der Waals surface area contributed by atoms with E-state index >= 15 is 0 Å². The highest BCUT2D eigenvalue weighted by Gasteiger charge is 2.26. The predicted octanol–water partition coefficient (Wildman–Crippen LogP) is 2.88. The molecule has 3 aromatic rings. The van der Waals surface area contributed by atoms with Gasteiger partial charge in [0.25, 0.3) is 5.91 Å². The summed E-state index contributed by atoms with van der Waals surface area (Å²) in [6.07, 6.45) is 5.01. The minimum atomic E-state index is -0.0626. The van der Waals surface area contributed by atoms with Gasteiger partial charge in [-0.05, 0) is 31.2 Å². The van der Waals surface area contributed by atoms with Crippen LogP contribution in [0.1, 0.15) is 17.3 Å². The first-order valence-corrected chi connectivity index (χ1v) is 9.82. The SMILES string of the molecule is CCOc1ccc(-c2[nH]ncc2C(=O)N2CCN(c3ncccn3)CC2)cc1Cl. The van der Waals surface area contributed by atoms with Crippen molar-refractivity contribution >= 4 is 23.5 Å². The summed E-state index contributed by atoms with van der Waals surface area (Å²) < 4.78 is 5.48. The van der Waals surface area contributed by atoms with Crippen LogP contribution in [0.2, 0.25) is 5.02 Å². The molecule has 8 nitrogen and oxygen atoms in total. The number of benzene rings is 1. The second-order valence-corrected chi connectivity index (χ2v) is 6.97. The molecule has 0 bridgehead atoms. The third-order valence-electron chi connectivity index (χ3n) is 4.79. The second kappa shape index (κ2) is 8.48. The highest BCUT2D eigenvalue weighted by atomic mass is 35.5. The van der Waals surface area contributed by atoms with Gasteiger partial charge in [0.2, 0.25) is 5.95 Å². The third-order valence-corrected chi connectivity index (χ3v) is 5.09. The Bertz CT molecular complexity index is 986. The Balaban J connectivity index is 1.49. The Morgan fingerprint density at radius 2 is 1.97 bits per heavy atom. The van der Waals surface area contributed by atoms with Crippen molar-refractivity contribution in [3.8, 4) is 17.0 Å². The molecule has 0 saturated carbocycles. The van der Waals surface area contributed by atoms with Crippen molar-refractivity contribution < 1.29 is 9.53 Å². The number of aromatic nitrogens is 4. The Labute approximate surface area is 173 Å². The van der Waals surface area contributed by atoms with Gasteiger partial charge in [-0.1, -0.05) is 11.6 Å². The summed E-state index contributed by atoms with van der Waals surface area (Å²) in [6.45, 7) is 4.97. The average molecular weight is 413 g/mol. The van der Waals surface area contributed by atoms with Crippen molar-refractivity contribution in [2.45, 2.75) is 6.92 Å². The van der Waals surface area contributed by atoms with Crippen LogP contribution < -0.4 is 9.64 Å². The molecule has 150 valence electrons. The van der Waals surface area contributed by atoms with Crippen molar-refractivity contribution in [2.75, 3.05) is 37.7 Å². The number of ether oxygens (including phenoxy) is 1. The number of amides is 1. The fourth-order valence-electron chi connectivity index (χ4n) is 3.33. The van der Waals surface area contributed by atoms with E-state index in [4.69, 9.17) is 16.3 Å². The van der Waals surface area contributed by atoms with Crippen LogP contribution in [0.4, 0.5) is 5.95 Å². The fourth-order valence-corrected chi connectivity index (χ4v) is 3.57. The highest BCUT2D eigenvalue weighted by molar-refractivity contribution is 6.32. The lowest BCUT2D eigenvalue weighted by molar-refractivity contribution is 0.0747. The number of piperazine rings is 1. The van der Waals surface area contributed by atoms with Gasteiger partial charge >= 0.3 is 0 Å². The summed E-state index contributed by atoms with van der Waals surface area (Å²) in [4.78, 5) is 25.6. The van der Waals surface area contributed by atoms with Gasteiger partial charge < -0.3 is 14.5 Å². The number of carbonyl (C=O) groups is 1. The number of rotatable bonds is 5. The van der Waals surface area contributed by atoms with Crippen LogP contribution in [-0.2, 0) is 0 Å². The molecule has 3 heterocycles. The van der Waals surface area contributed by atoms with E-state index < -0.39 is 0 Å².